The fourth-order valence-electron chi connectivity index (χ4n) is 3.84. The number of aryl methyl sites for hydroxylation is 1. The zero-order valence-electron chi connectivity index (χ0n) is 17.6. The molecule has 0 radical (unpaired) electrons. The molecule has 170 valence electrons. The topological polar surface area (TPSA) is 88.5 Å². The van der Waals surface area contributed by atoms with Crippen LogP contribution in [0.2, 0.25) is 5.02 Å². The molecular weight excluding hydrogens is 470 g/mol. The lowest BCUT2D eigenvalue weighted by molar-refractivity contribution is -0.133. The van der Waals surface area contributed by atoms with E-state index < -0.39 is 10.0 Å². The smallest absolute Gasteiger partial charge is 0.308 e. The van der Waals surface area contributed by atoms with E-state index in [1.54, 1.807) is 47.4 Å². The largest absolute Gasteiger partial charge is 0.341 e. The van der Waals surface area contributed by atoms with Crippen molar-refractivity contribution in [2.24, 2.45) is 5.92 Å². The molecule has 4 rings (SSSR count). The fourth-order valence-corrected chi connectivity index (χ4v) is 5.99. The van der Waals surface area contributed by atoms with Gasteiger partial charge in [-0.1, -0.05) is 40.6 Å². The normalized spacial score (nSPS) is 15.4. The minimum Gasteiger partial charge on any atom is -0.341 e. The third kappa shape index (κ3) is 5.06. The number of fused-ring (bicyclic) bond motifs is 1. The van der Waals surface area contributed by atoms with E-state index in [1.807, 2.05) is 6.92 Å². The Kier molecular flexibility index (Phi) is 6.71. The number of halogens is 1. The van der Waals surface area contributed by atoms with Crippen molar-refractivity contribution in [1.29, 1.82) is 0 Å². The van der Waals surface area contributed by atoms with Gasteiger partial charge in [0.15, 0.2) is 0 Å². The molecule has 1 aromatic heterocycles. The predicted molar refractivity (Wildman–Crippen MR) is 127 cm³/mol. The highest BCUT2D eigenvalue weighted by Crippen LogP contribution is 2.23. The molecular formula is C22H24ClN3O4S2. The summed E-state index contributed by atoms with van der Waals surface area (Å²) < 4.78 is 29.9. The van der Waals surface area contributed by atoms with Crippen LogP contribution in [0.4, 0.5) is 0 Å². The van der Waals surface area contributed by atoms with Gasteiger partial charge in [-0.05, 0) is 56.0 Å². The first kappa shape index (κ1) is 23.0. The quantitative estimate of drug-likeness (QED) is 0.571. The summed E-state index contributed by atoms with van der Waals surface area (Å²) in [5.74, 6) is 0.0354. The Bertz CT molecular complexity index is 1290. The Morgan fingerprint density at radius 1 is 1.16 bits per heavy atom. The molecule has 10 heteroatoms. The Balaban J connectivity index is 1.32. The number of amides is 1. The van der Waals surface area contributed by atoms with Crippen LogP contribution in [0.5, 0.6) is 0 Å². The molecule has 2 heterocycles. The first-order chi connectivity index (χ1) is 15.2. The molecule has 0 aliphatic carbocycles. The molecule has 1 amide bonds. The number of benzene rings is 2. The van der Waals surface area contributed by atoms with Crippen LogP contribution >= 0.6 is 22.9 Å². The lowest BCUT2D eigenvalue weighted by Gasteiger charge is -2.32. The number of nitrogens with one attached hydrogen (secondary N) is 1. The number of sulfonamides is 1. The SMILES string of the molecule is Cc1ccc(S(=O)(=O)NCC2CCN(C(=O)Cn3c(=O)sc4ccc(Cl)cc43)CC2)cc1. The summed E-state index contributed by atoms with van der Waals surface area (Å²) in [7, 11) is -3.55. The van der Waals surface area contributed by atoms with Crippen molar-refractivity contribution in [2.45, 2.75) is 31.2 Å². The lowest BCUT2D eigenvalue weighted by atomic mass is 9.97. The molecule has 1 fully saturated rings. The number of rotatable bonds is 6. The van der Waals surface area contributed by atoms with Crippen LogP contribution in [0, 0.1) is 12.8 Å². The first-order valence-corrected chi connectivity index (χ1v) is 13.0. The number of thiazole rings is 1. The summed E-state index contributed by atoms with van der Waals surface area (Å²) >= 11 is 7.15. The maximum Gasteiger partial charge on any atom is 0.308 e. The third-order valence-corrected chi connectivity index (χ3v) is 8.42. The minimum atomic E-state index is -3.55. The maximum atomic E-state index is 12.8. The second kappa shape index (κ2) is 9.35. The molecule has 3 aromatic rings. The van der Waals surface area contributed by atoms with E-state index in [4.69, 9.17) is 11.6 Å². The average Bonchev–Trinajstić information content (AvgIpc) is 3.07. The maximum absolute atomic E-state index is 12.8. The molecule has 0 unspecified atom stereocenters. The molecule has 0 bridgehead atoms. The van der Waals surface area contributed by atoms with Crippen LogP contribution in [0.1, 0.15) is 18.4 Å². The average molecular weight is 494 g/mol. The Morgan fingerprint density at radius 3 is 2.53 bits per heavy atom. The van der Waals surface area contributed by atoms with Gasteiger partial charge in [0.25, 0.3) is 0 Å². The highest BCUT2D eigenvalue weighted by Gasteiger charge is 2.25. The number of piperidine rings is 1. The summed E-state index contributed by atoms with van der Waals surface area (Å²) in [6, 6.07) is 12.0. The van der Waals surface area contributed by atoms with Crippen molar-refractivity contribution in [3.8, 4) is 0 Å². The van der Waals surface area contributed by atoms with Crippen molar-refractivity contribution < 1.29 is 13.2 Å². The van der Waals surface area contributed by atoms with Crippen LogP contribution in [-0.2, 0) is 21.4 Å². The van der Waals surface area contributed by atoms with E-state index in [0.717, 1.165) is 21.6 Å². The van der Waals surface area contributed by atoms with Gasteiger partial charge < -0.3 is 4.90 Å². The van der Waals surface area contributed by atoms with Crippen molar-refractivity contribution in [1.82, 2.24) is 14.2 Å². The lowest BCUT2D eigenvalue weighted by Crippen LogP contribution is -2.43. The van der Waals surface area contributed by atoms with E-state index in [-0.39, 0.29) is 28.1 Å². The minimum absolute atomic E-state index is 0.0239. The van der Waals surface area contributed by atoms with E-state index in [2.05, 4.69) is 4.72 Å². The van der Waals surface area contributed by atoms with Gasteiger partial charge >= 0.3 is 4.87 Å². The highest BCUT2D eigenvalue weighted by molar-refractivity contribution is 7.89. The van der Waals surface area contributed by atoms with Gasteiger partial charge in [-0.15, -0.1) is 0 Å². The van der Waals surface area contributed by atoms with Gasteiger partial charge in [0.2, 0.25) is 15.9 Å². The van der Waals surface area contributed by atoms with E-state index >= 15 is 0 Å². The Morgan fingerprint density at radius 2 is 1.84 bits per heavy atom. The van der Waals surface area contributed by atoms with Gasteiger partial charge in [-0.25, -0.2) is 13.1 Å². The van der Waals surface area contributed by atoms with Gasteiger partial charge in [0.05, 0.1) is 15.1 Å². The standard InChI is InChI=1S/C22H24ClN3O4S2/c1-15-2-5-18(6-3-15)32(29,30)24-13-16-8-10-25(11-9-16)21(27)14-26-19-12-17(23)4-7-20(19)31-22(26)28/h2-7,12,16,24H,8-11,13-14H2,1H3. The third-order valence-electron chi connectivity index (χ3n) is 5.78. The highest BCUT2D eigenvalue weighted by atomic mass is 35.5. The number of hydrogen-bond donors (Lipinski definition) is 1. The second-order valence-corrected chi connectivity index (χ2v) is 11.3. The second-order valence-electron chi connectivity index (χ2n) is 8.06. The van der Waals surface area contributed by atoms with Crippen LogP contribution < -0.4 is 9.60 Å². The number of hydrogen-bond acceptors (Lipinski definition) is 5. The number of aromatic nitrogens is 1. The summed E-state index contributed by atoms with van der Waals surface area (Å²) in [6.07, 6.45) is 1.40. The van der Waals surface area contributed by atoms with Crippen molar-refractivity contribution in [3.05, 3.63) is 62.7 Å². The summed E-state index contributed by atoms with van der Waals surface area (Å²) in [5, 5.41) is 0.519. The van der Waals surface area contributed by atoms with Gasteiger partial charge in [-0.3, -0.25) is 14.2 Å². The number of carbonyl (C=O) groups excluding carboxylic acids is 1. The summed E-state index contributed by atoms with van der Waals surface area (Å²) in [5.41, 5.74) is 1.67. The molecule has 0 atom stereocenters. The Labute approximate surface area is 195 Å². The summed E-state index contributed by atoms with van der Waals surface area (Å²) in [6.45, 7) is 3.29. The molecule has 0 spiro atoms. The molecule has 0 saturated carbocycles. The van der Waals surface area contributed by atoms with Crippen LogP contribution in [0.25, 0.3) is 10.2 Å². The van der Waals surface area contributed by atoms with E-state index in [1.165, 1.54) is 4.57 Å². The Hall–Kier alpha value is -2.20. The first-order valence-electron chi connectivity index (χ1n) is 10.4. The fraction of sp³-hybridized carbons (Fsp3) is 0.364. The van der Waals surface area contributed by atoms with Gasteiger partial charge in [-0.2, -0.15) is 0 Å². The van der Waals surface area contributed by atoms with Gasteiger partial charge in [0.1, 0.15) is 6.54 Å². The number of carbonyl (C=O) groups is 1. The van der Waals surface area contributed by atoms with Crippen LogP contribution in [-0.4, -0.2) is 43.4 Å². The molecule has 1 saturated heterocycles. The number of likely N-dealkylation sites (tertiary alicyclic amines) is 1. The van der Waals surface area contributed by atoms with Gasteiger partial charge in [0, 0.05) is 24.7 Å². The molecule has 1 N–H and O–H groups in total. The van der Waals surface area contributed by atoms with E-state index in [0.29, 0.717) is 43.0 Å². The van der Waals surface area contributed by atoms with Crippen molar-refractivity contribution in [2.75, 3.05) is 19.6 Å². The summed E-state index contributed by atoms with van der Waals surface area (Å²) in [4.78, 5) is 27.0. The van der Waals surface area contributed by atoms with Crippen molar-refractivity contribution in [3.63, 3.8) is 0 Å². The molecule has 2 aromatic carbocycles. The monoisotopic (exact) mass is 493 g/mol. The van der Waals surface area contributed by atoms with Crippen LogP contribution in [0.15, 0.2) is 52.2 Å². The molecule has 1 aliphatic heterocycles. The van der Waals surface area contributed by atoms with E-state index in [9.17, 15) is 18.0 Å². The molecule has 7 nitrogen and oxygen atoms in total. The van der Waals surface area contributed by atoms with Crippen LogP contribution in [0.3, 0.4) is 0 Å². The zero-order valence-corrected chi connectivity index (χ0v) is 20.0. The predicted octanol–water partition coefficient (Wildman–Crippen LogP) is 3.24. The number of nitrogens with zero attached hydrogens (tertiary/aromatic N) is 2. The zero-order chi connectivity index (χ0) is 22.9. The molecule has 1 aliphatic rings. The van der Waals surface area contributed by atoms with Crippen molar-refractivity contribution >= 4 is 49.1 Å². The molecule has 32 heavy (non-hydrogen) atoms.